The first-order valence-electron chi connectivity index (χ1n) is 8.91. The Kier molecular flexibility index (Phi) is 11.8. The van der Waals surface area contributed by atoms with E-state index in [4.69, 9.17) is 13.3 Å². The third-order valence-electron chi connectivity index (χ3n) is 4.62. The Labute approximate surface area is 146 Å². The number of hydrogen-bond donors (Lipinski definition) is 0. The summed E-state index contributed by atoms with van der Waals surface area (Å²) in [5.74, 6) is 0. The fraction of sp³-hybridized carbons (Fsp3) is 1.00. The zero-order valence-electron chi connectivity index (χ0n) is 16.8. The van der Waals surface area contributed by atoms with Crippen LogP contribution >= 0.6 is 0 Å². The second-order valence-electron chi connectivity index (χ2n) is 6.94. The molecule has 0 bridgehead atoms. The molecule has 0 aromatic rings. The van der Waals surface area contributed by atoms with E-state index in [1.54, 1.807) is 21.3 Å². The van der Waals surface area contributed by atoms with Crippen LogP contribution in [-0.4, -0.2) is 80.6 Å². The zero-order chi connectivity index (χ0) is 17.9. The molecule has 0 amide bonds. The highest BCUT2D eigenvalue weighted by molar-refractivity contribution is 6.73. The minimum atomic E-state index is -2.40. The fourth-order valence-corrected chi connectivity index (χ4v) is 6.18. The van der Waals surface area contributed by atoms with Gasteiger partial charge in [-0.1, -0.05) is 33.5 Å². The van der Waals surface area contributed by atoms with Crippen LogP contribution in [0.1, 0.15) is 26.7 Å². The molecule has 0 aliphatic carbocycles. The molecule has 140 valence electrons. The summed E-state index contributed by atoms with van der Waals surface area (Å²) < 4.78 is 19.2. The van der Waals surface area contributed by atoms with E-state index in [0.29, 0.717) is 0 Å². The first-order chi connectivity index (χ1) is 10.8. The van der Waals surface area contributed by atoms with Crippen LogP contribution in [0.15, 0.2) is 0 Å². The Morgan fingerprint density at radius 1 is 0.739 bits per heavy atom. The van der Waals surface area contributed by atoms with Gasteiger partial charge in [0.05, 0.1) is 0 Å². The van der Waals surface area contributed by atoms with Crippen molar-refractivity contribution in [3.8, 4) is 0 Å². The molecule has 7 heteroatoms. The SMILES string of the molecule is CCN(CC)CCN(CCCC[Si](OC)(OC)OC)[Si](C)(C)C. The molecule has 0 fully saturated rings. The maximum Gasteiger partial charge on any atom is 0.500 e. The monoisotopic (exact) mass is 364 g/mol. The molecule has 0 saturated heterocycles. The minimum Gasteiger partial charge on any atom is -0.377 e. The molecule has 0 spiro atoms. The first-order valence-corrected chi connectivity index (χ1v) is 14.3. The van der Waals surface area contributed by atoms with E-state index in [0.717, 1.165) is 25.6 Å². The van der Waals surface area contributed by atoms with Gasteiger partial charge in [-0.25, -0.2) is 0 Å². The van der Waals surface area contributed by atoms with Crippen LogP contribution < -0.4 is 0 Å². The second kappa shape index (κ2) is 11.7. The maximum absolute atomic E-state index is 5.50. The van der Waals surface area contributed by atoms with Gasteiger partial charge in [0.25, 0.3) is 0 Å². The summed E-state index contributed by atoms with van der Waals surface area (Å²) in [6.07, 6.45) is 2.27. The third kappa shape index (κ3) is 8.76. The number of likely N-dealkylation sites (N-methyl/N-ethyl adjacent to an activating group) is 1. The van der Waals surface area contributed by atoms with Crippen LogP contribution in [0.3, 0.4) is 0 Å². The summed E-state index contributed by atoms with van der Waals surface area (Å²) in [5.41, 5.74) is 0. The molecule has 0 aromatic carbocycles. The molecule has 0 saturated carbocycles. The predicted octanol–water partition coefficient (Wildman–Crippen LogP) is 3.12. The molecule has 5 nitrogen and oxygen atoms in total. The normalized spacial score (nSPS) is 13.3. The Bertz CT molecular complexity index is 285. The van der Waals surface area contributed by atoms with Crippen molar-refractivity contribution in [2.45, 2.75) is 52.4 Å². The number of hydrogen-bond acceptors (Lipinski definition) is 5. The third-order valence-corrected chi connectivity index (χ3v) is 9.80. The van der Waals surface area contributed by atoms with Gasteiger partial charge in [-0.2, -0.15) is 0 Å². The van der Waals surface area contributed by atoms with Gasteiger partial charge < -0.3 is 22.7 Å². The van der Waals surface area contributed by atoms with Crippen LogP contribution in [-0.2, 0) is 13.3 Å². The summed E-state index contributed by atoms with van der Waals surface area (Å²) in [4.78, 5) is 2.51. The van der Waals surface area contributed by atoms with Crippen LogP contribution in [0.5, 0.6) is 0 Å². The zero-order valence-corrected chi connectivity index (χ0v) is 18.8. The van der Waals surface area contributed by atoms with E-state index < -0.39 is 17.0 Å². The molecule has 0 aromatic heterocycles. The van der Waals surface area contributed by atoms with E-state index in [-0.39, 0.29) is 0 Å². The van der Waals surface area contributed by atoms with Crippen molar-refractivity contribution in [2.24, 2.45) is 0 Å². The number of rotatable bonds is 14. The molecule has 0 rings (SSSR count). The Hall–Kier alpha value is 0.234. The van der Waals surface area contributed by atoms with Gasteiger partial charge in [0.1, 0.15) is 8.24 Å². The topological polar surface area (TPSA) is 34.2 Å². The average Bonchev–Trinajstić information content (AvgIpc) is 2.53. The lowest BCUT2D eigenvalue weighted by atomic mass is 10.3. The summed E-state index contributed by atoms with van der Waals surface area (Å²) in [6, 6.07) is 0.895. The van der Waals surface area contributed by atoms with Crippen molar-refractivity contribution in [1.29, 1.82) is 0 Å². The van der Waals surface area contributed by atoms with Gasteiger partial charge >= 0.3 is 8.80 Å². The molecule has 23 heavy (non-hydrogen) atoms. The highest BCUT2D eigenvalue weighted by Gasteiger charge is 2.37. The van der Waals surface area contributed by atoms with E-state index in [9.17, 15) is 0 Å². The Balaban J connectivity index is 4.36. The maximum atomic E-state index is 5.50. The molecular weight excluding hydrogens is 324 g/mol. The van der Waals surface area contributed by atoms with Crippen molar-refractivity contribution >= 4 is 17.0 Å². The highest BCUT2D eigenvalue weighted by atomic mass is 28.4. The predicted molar refractivity (Wildman–Crippen MR) is 104 cm³/mol. The van der Waals surface area contributed by atoms with E-state index in [2.05, 4.69) is 43.0 Å². The molecule has 0 heterocycles. The van der Waals surface area contributed by atoms with Crippen LogP contribution in [0.2, 0.25) is 25.7 Å². The quantitative estimate of drug-likeness (QED) is 0.349. The van der Waals surface area contributed by atoms with Gasteiger partial charge in [0.2, 0.25) is 0 Å². The van der Waals surface area contributed by atoms with E-state index in [1.807, 2.05) is 0 Å². The first kappa shape index (κ1) is 23.2. The summed E-state index contributed by atoms with van der Waals surface area (Å²) in [7, 11) is 1.40. The molecule has 0 radical (unpaired) electrons. The molecule has 0 N–H and O–H groups in total. The van der Waals surface area contributed by atoms with Crippen molar-refractivity contribution in [2.75, 3.05) is 54.1 Å². The smallest absolute Gasteiger partial charge is 0.377 e. The van der Waals surface area contributed by atoms with Gasteiger partial charge in [-0.15, -0.1) is 0 Å². The van der Waals surface area contributed by atoms with Gasteiger partial charge in [-0.05, 0) is 32.5 Å². The molecular formula is C16H40N2O3Si2. The van der Waals surface area contributed by atoms with Crippen LogP contribution in [0.25, 0.3) is 0 Å². The second-order valence-corrected chi connectivity index (χ2v) is 15.0. The summed E-state index contributed by atoms with van der Waals surface area (Å²) >= 11 is 0. The standard InChI is InChI=1S/C16H40N2O3Si2/c1-9-17(10-2)14-15-18(22(6,7)8)13-11-12-16-23(19-3,20-4)21-5/h9-16H2,1-8H3. The van der Waals surface area contributed by atoms with Crippen LogP contribution in [0.4, 0.5) is 0 Å². The van der Waals surface area contributed by atoms with Crippen molar-refractivity contribution in [3.63, 3.8) is 0 Å². The Morgan fingerprint density at radius 3 is 1.65 bits per heavy atom. The molecule has 0 unspecified atom stereocenters. The van der Waals surface area contributed by atoms with Gasteiger partial charge in [0.15, 0.2) is 0 Å². The Morgan fingerprint density at radius 2 is 1.26 bits per heavy atom. The molecule has 0 atom stereocenters. The van der Waals surface area contributed by atoms with Crippen LogP contribution in [0, 0.1) is 0 Å². The minimum absolute atomic E-state index is 0.895. The number of unbranched alkanes of at least 4 members (excludes halogenated alkanes) is 1. The summed E-state index contributed by atoms with van der Waals surface area (Å²) in [6.45, 7) is 17.6. The summed E-state index contributed by atoms with van der Waals surface area (Å²) in [5, 5.41) is 0. The largest absolute Gasteiger partial charge is 0.500 e. The van der Waals surface area contributed by atoms with E-state index >= 15 is 0 Å². The highest BCUT2D eigenvalue weighted by Crippen LogP contribution is 2.18. The van der Waals surface area contributed by atoms with Crippen molar-refractivity contribution in [1.82, 2.24) is 9.47 Å². The van der Waals surface area contributed by atoms with Crippen molar-refractivity contribution in [3.05, 3.63) is 0 Å². The fourth-order valence-electron chi connectivity index (χ4n) is 2.78. The lowest BCUT2D eigenvalue weighted by Gasteiger charge is -2.36. The molecule has 0 aliphatic heterocycles. The van der Waals surface area contributed by atoms with Gasteiger partial charge in [-0.3, -0.25) is 0 Å². The lowest BCUT2D eigenvalue weighted by Crippen LogP contribution is -2.49. The average molecular weight is 365 g/mol. The van der Waals surface area contributed by atoms with Gasteiger partial charge in [0, 0.05) is 40.5 Å². The van der Waals surface area contributed by atoms with E-state index in [1.165, 1.54) is 26.1 Å². The van der Waals surface area contributed by atoms with Crippen molar-refractivity contribution < 1.29 is 13.3 Å². The molecule has 0 aliphatic rings. The lowest BCUT2D eigenvalue weighted by molar-refractivity contribution is 0.122. The number of nitrogens with zero attached hydrogens (tertiary/aromatic N) is 2.